The van der Waals surface area contributed by atoms with Gasteiger partial charge in [0.1, 0.15) is 0 Å². The van der Waals surface area contributed by atoms with Gasteiger partial charge < -0.3 is 0 Å². The molecule has 10 heavy (non-hydrogen) atoms. The summed E-state index contributed by atoms with van der Waals surface area (Å²) < 4.78 is 0. The van der Waals surface area contributed by atoms with Crippen molar-refractivity contribution in [3.05, 3.63) is 11.1 Å². The Balaban J connectivity index is 2.73. The van der Waals surface area contributed by atoms with Gasteiger partial charge in [0, 0.05) is 18.9 Å². The number of hydrogen-bond acceptors (Lipinski definition) is 0. The van der Waals surface area contributed by atoms with Gasteiger partial charge in [0.2, 0.25) is 0 Å². The lowest BCUT2D eigenvalue weighted by Gasteiger charge is -1.81. The molecular formula is C9H7Cl. The Morgan fingerprint density at radius 3 is 3.00 bits per heavy atom. The Bertz CT molecular complexity index is 252. The van der Waals surface area contributed by atoms with Crippen LogP contribution in [-0.4, -0.2) is 0 Å². The monoisotopic (exact) mass is 150 g/mol. The summed E-state index contributed by atoms with van der Waals surface area (Å²) in [4.78, 5) is 0. The number of rotatable bonds is 0. The lowest BCUT2D eigenvalue weighted by atomic mass is 10.2. The predicted octanol–water partition coefficient (Wildman–Crippen LogP) is 2.30. The van der Waals surface area contributed by atoms with Crippen LogP contribution in [0.25, 0.3) is 0 Å². The van der Waals surface area contributed by atoms with E-state index in [0.29, 0.717) is 5.03 Å². The van der Waals surface area contributed by atoms with Gasteiger partial charge >= 0.3 is 0 Å². The third-order valence-corrected chi connectivity index (χ3v) is 1.32. The van der Waals surface area contributed by atoms with Crippen molar-refractivity contribution in [3.63, 3.8) is 0 Å². The van der Waals surface area contributed by atoms with Gasteiger partial charge in [-0.25, -0.2) is 0 Å². The first kappa shape index (κ1) is 7.26. The van der Waals surface area contributed by atoms with Gasteiger partial charge in [-0.2, -0.15) is 0 Å². The topological polar surface area (TPSA) is 0 Å². The Kier molecular flexibility index (Phi) is 2.94. The van der Waals surface area contributed by atoms with Crippen molar-refractivity contribution in [1.82, 2.24) is 0 Å². The van der Waals surface area contributed by atoms with Crippen molar-refractivity contribution < 1.29 is 0 Å². The maximum Gasteiger partial charge on any atom is 0.0987 e. The number of allylic oxidation sites excluding steroid dienone is 2. The van der Waals surface area contributed by atoms with Gasteiger partial charge in [0.15, 0.2) is 0 Å². The molecule has 0 aliphatic heterocycles. The summed E-state index contributed by atoms with van der Waals surface area (Å²) in [7, 11) is 0. The number of hydrogen-bond donors (Lipinski definition) is 0. The van der Waals surface area contributed by atoms with Crippen molar-refractivity contribution >= 4 is 11.6 Å². The molecule has 0 atom stereocenters. The fraction of sp³-hybridized carbons (Fsp3) is 0.333. The predicted molar refractivity (Wildman–Crippen MR) is 43.3 cm³/mol. The molecule has 0 amide bonds. The second-order valence-electron chi connectivity index (χ2n) is 1.97. The van der Waals surface area contributed by atoms with E-state index >= 15 is 0 Å². The molecule has 0 bridgehead atoms. The summed E-state index contributed by atoms with van der Waals surface area (Å²) in [6.07, 6.45) is 4.53. The van der Waals surface area contributed by atoms with Crippen molar-refractivity contribution in [2.45, 2.75) is 19.3 Å². The molecular weight excluding hydrogens is 144 g/mol. The summed E-state index contributed by atoms with van der Waals surface area (Å²) >= 11 is 5.65. The molecule has 0 aromatic rings. The van der Waals surface area contributed by atoms with E-state index < -0.39 is 0 Å². The van der Waals surface area contributed by atoms with Crippen molar-refractivity contribution in [3.8, 4) is 23.7 Å². The van der Waals surface area contributed by atoms with Gasteiger partial charge in [-0.1, -0.05) is 35.3 Å². The molecule has 0 aromatic carbocycles. The van der Waals surface area contributed by atoms with Gasteiger partial charge in [0.25, 0.3) is 0 Å². The lowest BCUT2D eigenvalue weighted by Crippen LogP contribution is -1.67. The third kappa shape index (κ3) is 2.62. The first-order valence-corrected chi connectivity index (χ1v) is 3.60. The minimum absolute atomic E-state index is 0.550. The second kappa shape index (κ2) is 4.04. The summed E-state index contributed by atoms with van der Waals surface area (Å²) in [6, 6.07) is 0. The maximum atomic E-state index is 5.65. The van der Waals surface area contributed by atoms with E-state index in [1.165, 1.54) is 0 Å². The van der Waals surface area contributed by atoms with E-state index in [9.17, 15) is 0 Å². The summed E-state index contributed by atoms with van der Waals surface area (Å²) in [5.74, 6) is 11.5. The fourth-order valence-electron chi connectivity index (χ4n) is 0.635. The highest BCUT2D eigenvalue weighted by atomic mass is 35.5. The van der Waals surface area contributed by atoms with Gasteiger partial charge in [-0.3, -0.25) is 0 Å². The summed E-state index contributed by atoms with van der Waals surface area (Å²) in [5, 5.41) is 0.550. The van der Waals surface area contributed by atoms with Crippen LogP contribution in [0.4, 0.5) is 0 Å². The van der Waals surface area contributed by atoms with Gasteiger partial charge in [0.05, 0.1) is 5.03 Å². The molecule has 0 saturated heterocycles. The van der Waals surface area contributed by atoms with E-state index in [-0.39, 0.29) is 0 Å². The van der Waals surface area contributed by atoms with Crippen LogP contribution in [0, 0.1) is 23.7 Å². The summed E-state index contributed by atoms with van der Waals surface area (Å²) in [6.45, 7) is 0. The number of halogens is 1. The van der Waals surface area contributed by atoms with Crippen LogP contribution in [0.2, 0.25) is 0 Å². The highest BCUT2D eigenvalue weighted by Crippen LogP contribution is 2.00. The molecule has 0 spiro atoms. The van der Waals surface area contributed by atoms with Crippen molar-refractivity contribution in [2.24, 2.45) is 0 Å². The van der Waals surface area contributed by atoms with Crippen molar-refractivity contribution in [1.29, 1.82) is 0 Å². The van der Waals surface area contributed by atoms with Gasteiger partial charge in [-0.05, 0) is 6.42 Å². The minimum Gasteiger partial charge on any atom is -0.0984 e. The van der Waals surface area contributed by atoms with E-state index in [2.05, 4.69) is 23.7 Å². The SMILES string of the molecule is Cl/C1=C/C#CCCCC#C1. The molecule has 1 rings (SSSR count). The molecule has 0 unspecified atom stereocenters. The Labute approximate surface area is 66.3 Å². The highest BCUT2D eigenvalue weighted by molar-refractivity contribution is 6.32. The lowest BCUT2D eigenvalue weighted by molar-refractivity contribution is 0.904. The van der Waals surface area contributed by atoms with E-state index in [0.717, 1.165) is 19.3 Å². The molecule has 0 aromatic heterocycles. The van der Waals surface area contributed by atoms with Crippen LogP contribution in [0.5, 0.6) is 0 Å². The van der Waals surface area contributed by atoms with E-state index in [1.807, 2.05) is 0 Å². The van der Waals surface area contributed by atoms with Crippen LogP contribution < -0.4 is 0 Å². The molecule has 0 radical (unpaired) electrons. The van der Waals surface area contributed by atoms with E-state index in [1.54, 1.807) is 6.08 Å². The first-order chi connectivity index (χ1) is 4.89. The zero-order valence-corrected chi connectivity index (χ0v) is 6.33. The average Bonchev–Trinajstić information content (AvgIpc) is 2.02. The average molecular weight is 151 g/mol. The van der Waals surface area contributed by atoms with Crippen molar-refractivity contribution in [2.75, 3.05) is 0 Å². The molecule has 50 valence electrons. The van der Waals surface area contributed by atoms with Gasteiger partial charge in [-0.15, -0.1) is 0 Å². The van der Waals surface area contributed by atoms with Crippen LogP contribution >= 0.6 is 11.6 Å². The minimum atomic E-state index is 0.550. The molecule has 1 aliphatic carbocycles. The second-order valence-corrected chi connectivity index (χ2v) is 2.38. The smallest absolute Gasteiger partial charge is 0.0984 e. The fourth-order valence-corrected chi connectivity index (χ4v) is 0.756. The normalized spacial score (nSPS) is 21.1. The van der Waals surface area contributed by atoms with Crippen LogP contribution in [0.15, 0.2) is 11.1 Å². The largest absolute Gasteiger partial charge is 0.0987 e. The molecule has 0 saturated carbocycles. The first-order valence-electron chi connectivity index (χ1n) is 3.22. The zero-order chi connectivity index (χ0) is 7.23. The maximum absolute atomic E-state index is 5.65. The Morgan fingerprint density at radius 2 is 2.10 bits per heavy atom. The highest BCUT2D eigenvalue weighted by Gasteiger charge is 1.84. The molecule has 0 heterocycles. The molecule has 0 nitrogen and oxygen atoms in total. The third-order valence-electron chi connectivity index (χ3n) is 1.11. The summed E-state index contributed by atoms with van der Waals surface area (Å²) in [5.41, 5.74) is 0. The molecule has 1 heteroatoms. The Hall–Kier alpha value is -0.850. The van der Waals surface area contributed by atoms with Crippen LogP contribution in [0.3, 0.4) is 0 Å². The zero-order valence-electron chi connectivity index (χ0n) is 5.58. The van der Waals surface area contributed by atoms with Crippen LogP contribution in [0.1, 0.15) is 19.3 Å². The Morgan fingerprint density at radius 1 is 1.30 bits per heavy atom. The standard InChI is InChI=1S/C9H7Cl/c10-9-7-5-3-1-2-4-6-8-9/h8H,1-3H2/b9-8+. The quantitative estimate of drug-likeness (QED) is 0.465. The molecule has 0 N–H and O–H groups in total. The molecule has 1 aliphatic rings. The van der Waals surface area contributed by atoms with Crippen LogP contribution in [-0.2, 0) is 0 Å². The molecule has 0 fully saturated rings. The van der Waals surface area contributed by atoms with E-state index in [4.69, 9.17) is 11.6 Å².